The van der Waals surface area contributed by atoms with E-state index in [1.165, 1.54) is 0 Å². The van der Waals surface area contributed by atoms with Crippen LogP contribution in [0.4, 0.5) is 0 Å². The molecule has 1 N–H and O–H groups in total. The molecule has 0 aliphatic carbocycles. The molecule has 1 aromatic rings. The minimum absolute atomic E-state index is 0.0177. The summed E-state index contributed by atoms with van der Waals surface area (Å²) in [5.74, 6) is 0.637. The first-order chi connectivity index (χ1) is 8.27. The van der Waals surface area contributed by atoms with Crippen LogP contribution in [0.3, 0.4) is 0 Å². The third kappa shape index (κ3) is 3.27. The van der Waals surface area contributed by atoms with E-state index in [0.717, 1.165) is 32.5 Å². The molecule has 0 spiro atoms. The number of piperidine rings is 1. The van der Waals surface area contributed by atoms with Gasteiger partial charge in [-0.25, -0.2) is 0 Å². The molecule has 1 fully saturated rings. The number of pyridine rings is 1. The Morgan fingerprint density at radius 1 is 1.47 bits per heavy atom. The fourth-order valence-electron chi connectivity index (χ4n) is 2.22. The van der Waals surface area contributed by atoms with Crippen LogP contribution in [0.5, 0.6) is 0 Å². The van der Waals surface area contributed by atoms with E-state index in [2.05, 4.69) is 10.3 Å². The highest BCUT2D eigenvalue weighted by Crippen LogP contribution is 2.13. The summed E-state index contributed by atoms with van der Waals surface area (Å²) in [5.41, 5.74) is 0.531. The largest absolute Gasteiger partial charge is 0.340 e. The Labute approximate surface area is 102 Å². The number of hydrogen-bond donors (Lipinski definition) is 1. The van der Waals surface area contributed by atoms with E-state index in [-0.39, 0.29) is 5.91 Å². The number of nitrogens with one attached hydrogen (secondary N) is 1. The van der Waals surface area contributed by atoms with Crippen molar-refractivity contribution in [3.05, 3.63) is 30.1 Å². The van der Waals surface area contributed by atoms with Gasteiger partial charge in [0.15, 0.2) is 0 Å². The maximum atomic E-state index is 12.1. The molecular formula is C13H19N3O. The molecule has 4 heteroatoms. The molecule has 1 aliphatic rings. The molecule has 1 aliphatic heterocycles. The highest BCUT2D eigenvalue weighted by atomic mass is 16.2. The average Bonchev–Trinajstić information content (AvgIpc) is 2.40. The average molecular weight is 233 g/mol. The van der Waals surface area contributed by atoms with E-state index in [1.54, 1.807) is 17.2 Å². The van der Waals surface area contributed by atoms with Gasteiger partial charge in [-0.2, -0.15) is 0 Å². The lowest BCUT2D eigenvalue weighted by atomic mass is 9.97. The van der Waals surface area contributed by atoms with Gasteiger partial charge in [0.25, 0.3) is 5.91 Å². The van der Waals surface area contributed by atoms with Gasteiger partial charge in [0, 0.05) is 19.8 Å². The molecule has 2 rings (SSSR count). The Balaban J connectivity index is 1.91. The van der Waals surface area contributed by atoms with Gasteiger partial charge in [-0.3, -0.25) is 9.78 Å². The number of rotatable bonds is 3. The molecule has 92 valence electrons. The highest BCUT2D eigenvalue weighted by Gasteiger charge is 2.19. The lowest BCUT2D eigenvalue weighted by molar-refractivity contribution is 0.0757. The molecule has 0 bridgehead atoms. The zero-order valence-electron chi connectivity index (χ0n) is 10.2. The van der Waals surface area contributed by atoms with Crippen molar-refractivity contribution in [2.45, 2.75) is 12.8 Å². The Morgan fingerprint density at radius 2 is 2.24 bits per heavy atom. The molecule has 0 atom stereocenters. The van der Waals surface area contributed by atoms with Crippen LogP contribution in [0, 0.1) is 5.92 Å². The van der Waals surface area contributed by atoms with E-state index in [0.29, 0.717) is 11.6 Å². The molecule has 0 unspecified atom stereocenters. The van der Waals surface area contributed by atoms with Crippen molar-refractivity contribution >= 4 is 5.91 Å². The molecule has 4 nitrogen and oxygen atoms in total. The molecule has 2 heterocycles. The van der Waals surface area contributed by atoms with Crippen LogP contribution in [-0.2, 0) is 0 Å². The maximum Gasteiger partial charge on any atom is 0.272 e. The second kappa shape index (κ2) is 5.77. The quantitative estimate of drug-likeness (QED) is 0.852. The van der Waals surface area contributed by atoms with Gasteiger partial charge in [-0.05, 0) is 44.0 Å². The van der Waals surface area contributed by atoms with Crippen molar-refractivity contribution in [2.24, 2.45) is 5.92 Å². The smallest absolute Gasteiger partial charge is 0.272 e. The monoisotopic (exact) mass is 233 g/mol. The van der Waals surface area contributed by atoms with Crippen molar-refractivity contribution in [1.82, 2.24) is 15.2 Å². The minimum atomic E-state index is 0.0177. The van der Waals surface area contributed by atoms with Crippen molar-refractivity contribution in [2.75, 3.05) is 26.7 Å². The molecule has 0 radical (unpaired) electrons. The third-order valence-corrected chi connectivity index (χ3v) is 3.22. The summed E-state index contributed by atoms with van der Waals surface area (Å²) < 4.78 is 0. The predicted octanol–water partition coefficient (Wildman–Crippen LogP) is 1.15. The summed E-state index contributed by atoms with van der Waals surface area (Å²) in [4.78, 5) is 17.9. The fourth-order valence-corrected chi connectivity index (χ4v) is 2.22. The van der Waals surface area contributed by atoms with E-state index < -0.39 is 0 Å². The SMILES string of the molecule is CN(CC1CCNCC1)C(=O)c1ccccn1. The second-order valence-electron chi connectivity index (χ2n) is 4.59. The van der Waals surface area contributed by atoms with E-state index >= 15 is 0 Å². The summed E-state index contributed by atoms with van der Waals surface area (Å²) in [6.07, 6.45) is 3.96. The summed E-state index contributed by atoms with van der Waals surface area (Å²) in [6, 6.07) is 5.43. The van der Waals surface area contributed by atoms with Crippen molar-refractivity contribution in [3.63, 3.8) is 0 Å². The van der Waals surface area contributed by atoms with Crippen LogP contribution in [0.2, 0.25) is 0 Å². The molecule has 1 amide bonds. The van der Waals surface area contributed by atoms with E-state index in [4.69, 9.17) is 0 Å². The molecular weight excluding hydrogens is 214 g/mol. The zero-order chi connectivity index (χ0) is 12.1. The normalized spacial score (nSPS) is 16.8. The lowest BCUT2D eigenvalue weighted by Crippen LogP contribution is -2.37. The Kier molecular flexibility index (Phi) is 4.09. The van der Waals surface area contributed by atoms with Gasteiger partial charge >= 0.3 is 0 Å². The molecule has 1 saturated heterocycles. The van der Waals surface area contributed by atoms with Gasteiger partial charge in [0.2, 0.25) is 0 Å². The van der Waals surface area contributed by atoms with Crippen molar-refractivity contribution < 1.29 is 4.79 Å². The highest BCUT2D eigenvalue weighted by molar-refractivity contribution is 5.92. The van der Waals surface area contributed by atoms with Crippen molar-refractivity contribution in [3.8, 4) is 0 Å². The molecule has 17 heavy (non-hydrogen) atoms. The predicted molar refractivity (Wildman–Crippen MR) is 66.8 cm³/mol. The minimum Gasteiger partial charge on any atom is -0.340 e. The number of carbonyl (C=O) groups excluding carboxylic acids is 1. The van der Waals surface area contributed by atoms with Gasteiger partial charge in [-0.15, -0.1) is 0 Å². The number of carbonyl (C=O) groups is 1. The summed E-state index contributed by atoms with van der Waals surface area (Å²) >= 11 is 0. The summed E-state index contributed by atoms with van der Waals surface area (Å²) in [6.45, 7) is 2.96. The zero-order valence-corrected chi connectivity index (χ0v) is 10.2. The van der Waals surface area contributed by atoms with Gasteiger partial charge in [0.1, 0.15) is 5.69 Å². The Morgan fingerprint density at radius 3 is 2.88 bits per heavy atom. The first-order valence-corrected chi connectivity index (χ1v) is 6.14. The number of nitrogens with zero attached hydrogens (tertiary/aromatic N) is 2. The van der Waals surface area contributed by atoms with E-state index in [9.17, 15) is 4.79 Å². The first kappa shape index (κ1) is 12.0. The van der Waals surface area contributed by atoms with Gasteiger partial charge in [0.05, 0.1) is 0 Å². The van der Waals surface area contributed by atoms with Crippen LogP contribution in [-0.4, -0.2) is 42.5 Å². The van der Waals surface area contributed by atoms with E-state index in [1.807, 2.05) is 19.2 Å². The lowest BCUT2D eigenvalue weighted by Gasteiger charge is -2.27. The standard InChI is InChI=1S/C13H19N3O/c1-16(10-11-5-8-14-9-6-11)13(17)12-4-2-3-7-15-12/h2-4,7,11,14H,5-6,8-10H2,1H3. The topological polar surface area (TPSA) is 45.2 Å². The summed E-state index contributed by atoms with van der Waals surface area (Å²) in [7, 11) is 1.86. The van der Waals surface area contributed by atoms with Gasteiger partial charge < -0.3 is 10.2 Å². The van der Waals surface area contributed by atoms with Crippen molar-refractivity contribution in [1.29, 1.82) is 0 Å². The first-order valence-electron chi connectivity index (χ1n) is 6.14. The van der Waals surface area contributed by atoms with Crippen LogP contribution in [0.15, 0.2) is 24.4 Å². The fraction of sp³-hybridized carbons (Fsp3) is 0.538. The number of hydrogen-bond acceptors (Lipinski definition) is 3. The van der Waals surface area contributed by atoms with Crippen LogP contribution in [0.25, 0.3) is 0 Å². The van der Waals surface area contributed by atoms with Gasteiger partial charge in [-0.1, -0.05) is 6.07 Å². The van der Waals surface area contributed by atoms with Crippen LogP contribution >= 0.6 is 0 Å². The summed E-state index contributed by atoms with van der Waals surface area (Å²) in [5, 5.41) is 3.33. The number of amides is 1. The Bertz CT molecular complexity index is 360. The number of aromatic nitrogens is 1. The molecule has 0 aromatic carbocycles. The third-order valence-electron chi connectivity index (χ3n) is 3.22. The molecule has 0 saturated carbocycles. The Hall–Kier alpha value is -1.42. The van der Waals surface area contributed by atoms with Crippen LogP contribution in [0.1, 0.15) is 23.3 Å². The maximum absolute atomic E-state index is 12.1. The molecule has 1 aromatic heterocycles. The second-order valence-corrected chi connectivity index (χ2v) is 4.59. The van der Waals surface area contributed by atoms with Crippen LogP contribution < -0.4 is 5.32 Å².